The zero-order chi connectivity index (χ0) is 15.4. The maximum atomic E-state index is 13.8. The topological polar surface area (TPSA) is 19.9 Å². The minimum Gasteiger partial charge on any atom is -0.287 e. The van der Waals surface area contributed by atoms with E-state index in [-0.39, 0.29) is 5.75 Å². The van der Waals surface area contributed by atoms with Gasteiger partial charge >= 0.3 is 0 Å². The first-order valence-electron chi connectivity index (χ1n) is 6.69. The molecule has 0 spiro atoms. The van der Waals surface area contributed by atoms with Crippen LogP contribution in [-0.4, -0.2) is 0 Å². The molecule has 0 aliphatic carbocycles. The number of hydrogen-bond donors (Lipinski definition) is 0. The molecule has 0 unspecified atom stereocenters. The molecule has 0 aliphatic rings. The molecule has 0 aromatic heterocycles. The third-order valence-corrected chi connectivity index (χ3v) is 4.99. The van der Waals surface area contributed by atoms with Crippen molar-refractivity contribution in [2.24, 2.45) is 0 Å². The molecule has 1 nitrogen and oxygen atoms in total. The second kappa shape index (κ2) is 6.90. The number of rotatable bonds is 4. The highest BCUT2D eigenvalue weighted by atomic mass is 32.2. The van der Waals surface area contributed by atoms with E-state index in [1.54, 1.807) is 0 Å². The lowest BCUT2D eigenvalue weighted by molar-refractivity contribution is 0.332. The second-order valence-corrected chi connectivity index (χ2v) is 6.79. The Morgan fingerprint density at radius 1 is 0.682 bits per heavy atom. The van der Waals surface area contributed by atoms with Crippen LogP contribution in [0.5, 0.6) is 5.75 Å². The van der Waals surface area contributed by atoms with E-state index in [1.807, 2.05) is 60.7 Å². The minimum atomic E-state index is -0.392. The van der Waals surface area contributed by atoms with E-state index in [1.165, 1.54) is 35.7 Å². The van der Waals surface area contributed by atoms with Crippen LogP contribution in [0, 0.1) is 5.82 Å². The van der Waals surface area contributed by atoms with Crippen molar-refractivity contribution in [2.45, 2.75) is 19.6 Å². The third-order valence-electron chi connectivity index (χ3n) is 2.93. The lowest BCUT2D eigenvalue weighted by Crippen LogP contribution is -1.83. The monoisotopic (exact) mass is 327 g/mol. The highest BCUT2D eigenvalue weighted by Gasteiger charge is 2.14. The SMILES string of the molecule is [O]c1c(Sc2ccccc2)cc(F)cc1Sc1ccccc1. The van der Waals surface area contributed by atoms with Crippen LogP contribution >= 0.6 is 23.5 Å². The average Bonchev–Trinajstić information content (AvgIpc) is 2.54. The smallest absolute Gasteiger partial charge is 0.206 e. The van der Waals surface area contributed by atoms with Gasteiger partial charge in [-0.3, -0.25) is 5.11 Å². The van der Waals surface area contributed by atoms with Gasteiger partial charge < -0.3 is 0 Å². The maximum Gasteiger partial charge on any atom is 0.206 e. The molecule has 22 heavy (non-hydrogen) atoms. The van der Waals surface area contributed by atoms with Crippen molar-refractivity contribution in [3.05, 3.63) is 78.6 Å². The van der Waals surface area contributed by atoms with Gasteiger partial charge in [-0.05, 0) is 36.4 Å². The predicted octanol–water partition coefficient (Wildman–Crippen LogP) is 6.27. The largest absolute Gasteiger partial charge is 0.287 e. The van der Waals surface area contributed by atoms with Gasteiger partial charge in [0, 0.05) is 9.79 Å². The summed E-state index contributed by atoms with van der Waals surface area (Å²) in [5.74, 6) is -0.527. The Balaban J connectivity index is 1.92. The molecule has 0 fully saturated rings. The number of hydrogen-bond acceptors (Lipinski definition) is 2. The fourth-order valence-corrected chi connectivity index (χ4v) is 3.83. The molecule has 109 valence electrons. The number of halogens is 1. The molecule has 1 radical (unpaired) electrons. The Labute approximate surface area is 137 Å². The quantitative estimate of drug-likeness (QED) is 0.562. The van der Waals surface area contributed by atoms with E-state index < -0.39 is 5.82 Å². The predicted molar refractivity (Wildman–Crippen MR) is 87.7 cm³/mol. The van der Waals surface area contributed by atoms with Crippen LogP contribution in [0.25, 0.3) is 0 Å². The van der Waals surface area contributed by atoms with Gasteiger partial charge in [-0.25, -0.2) is 4.39 Å². The summed E-state index contributed by atoms with van der Waals surface area (Å²) in [6.07, 6.45) is 0. The van der Waals surface area contributed by atoms with Crippen LogP contribution in [-0.2, 0) is 5.11 Å². The highest BCUT2D eigenvalue weighted by molar-refractivity contribution is 8.00. The Morgan fingerprint density at radius 2 is 1.09 bits per heavy atom. The van der Waals surface area contributed by atoms with E-state index in [0.717, 1.165) is 9.79 Å². The molecule has 0 saturated heterocycles. The fraction of sp³-hybridized carbons (Fsp3) is 0. The summed E-state index contributed by atoms with van der Waals surface area (Å²) in [4.78, 5) is 2.65. The van der Waals surface area contributed by atoms with Gasteiger partial charge in [0.1, 0.15) is 5.82 Å². The Hall–Kier alpha value is -1.91. The van der Waals surface area contributed by atoms with Crippen molar-refractivity contribution >= 4 is 23.5 Å². The van der Waals surface area contributed by atoms with Crippen molar-refractivity contribution < 1.29 is 9.50 Å². The lowest BCUT2D eigenvalue weighted by atomic mass is 10.3. The summed E-state index contributed by atoms with van der Waals surface area (Å²) < 4.78 is 13.8. The van der Waals surface area contributed by atoms with Crippen LogP contribution < -0.4 is 0 Å². The maximum absolute atomic E-state index is 13.8. The Bertz CT molecular complexity index is 698. The molecule has 3 aromatic carbocycles. The standard InChI is InChI=1S/C18H12FOS2/c19-13-11-16(21-14-7-3-1-4-8-14)18(20)17(12-13)22-15-9-5-2-6-10-15/h1-12H. The minimum absolute atomic E-state index is 0.135. The number of benzene rings is 3. The van der Waals surface area contributed by atoms with Crippen molar-refractivity contribution in [2.75, 3.05) is 0 Å². The molecule has 0 N–H and O–H groups in total. The molecule has 3 rings (SSSR count). The molecule has 3 aromatic rings. The van der Waals surface area contributed by atoms with E-state index in [9.17, 15) is 9.50 Å². The van der Waals surface area contributed by atoms with Crippen LogP contribution in [0.1, 0.15) is 0 Å². The molecule has 4 heteroatoms. The summed E-state index contributed by atoms with van der Waals surface area (Å²) in [6, 6.07) is 21.6. The summed E-state index contributed by atoms with van der Waals surface area (Å²) in [5.41, 5.74) is 0. The molecule has 0 saturated carbocycles. The summed E-state index contributed by atoms with van der Waals surface area (Å²) in [7, 11) is 0. The molecule has 0 atom stereocenters. The first-order chi connectivity index (χ1) is 10.7. The first kappa shape index (κ1) is 15.0. The average molecular weight is 327 g/mol. The van der Waals surface area contributed by atoms with Gasteiger partial charge in [0.25, 0.3) is 0 Å². The van der Waals surface area contributed by atoms with Gasteiger partial charge in [-0.2, -0.15) is 0 Å². The van der Waals surface area contributed by atoms with Crippen LogP contribution in [0.4, 0.5) is 4.39 Å². The van der Waals surface area contributed by atoms with Crippen LogP contribution in [0.15, 0.2) is 92.4 Å². The fourth-order valence-electron chi connectivity index (χ4n) is 1.93. The van der Waals surface area contributed by atoms with Gasteiger partial charge in [0.15, 0.2) is 0 Å². The second-order valence-electron chi connectivity index (χ2n) is 4.56. The normalized spacial score (nSPS) is 10.6. The van der Waals surface area contributed by atoms with E-state index >= 15 is 0 Å². The molecular formula is C18H12FOS2. The van der Waals surface area contributed by atoms with Gasteiger partial charge in [-0.1, -0.05) is 59.9 Å². The Kier molecular flexibility index (Phi) is 4.71. The molecule has 0 amide bonds. The third kappa shape index (κ3) is 3.64. The van der Waals surface area contributed by atoms with Gasteiger partial charge in [0.05, 0.1) is 9.79 Å². The zero-order valence-corrected chi connectivity index (χ0v) is 13.2. The van der Waals surface area contributed by atoms with Crippen LogP contribution in [0.2, 0.25) is 0 Å². The summed E-state index contributed by atoms with van der Waals surface area (Å²) >= 11 is 2.57. The van der Waals surface area contributed by atoms with Crippen molar-refractivity contribution in [1.29, 1.82) is 0 Å². The van der Waals surface area contributed by atoms with Crippen molar-refractivity contribution in [3.8, 4) is 5.75 Å². The molecule has 0 aliphatic heterocycles. The molecule has 0 heterocycles. The van der Waals surface area contributed by atoms with E-state index in [4.69, 9.17) is 0 Å². The summed E-state index contributed by atoms with van der Waals surface area (Å²) in [5, 5.41) is 12.5. The van der Waals surface area contributed by atoms with E-state index in [0.29, 0.717) is 9.79 Å². The Morgan fingerprint density at radius 3 is 1.50 bits per heavy atom. The zero-order valence-electron chi connectivity index (χ0n) is 11.5. The molecular weight excluding hydrogens is 315 g/mol. The van der Waals surface area contributed by atoms with Crippen LogP contribution in [0.3, 0.4) is 0 Å². The summed E-state index contributed by atoms with van der Waals surface area (Å²) in [6.45, 7) is 0. The molecule has 0 bridgehead atoms. The van der Waals surface area contributed by atoms with Crippen molar-refractivity contribution in [3.63, 3.8) is 0 Å². The lowest BCUT2D eigenvalue weighted by Gasteiger charge is -2.08. The van der Waals surface area contributed by atoms with E-state index in [2.05, 4.69) is 0 Å². The van der Waals surface area contributed by atoms with Gasteiger partial charge in [-0.15, -0.1) is 0 Å². The highest BCUT2D eigenvalue weighted by Crippen LogP contribution is 2.43. The van der Waals surface area contributed by atoms with Gasteiger partial charge in [0.2, 0.25) is 5.75 Å². The van der Waals surface area contributed by atoms with Crippen molar-refractivity contribution in [1.82, 2.24) is 0 Å². The first-order valence-corrected chi connectivity index (χ1v) is 8.32.